The summed E-state index contributed by atoms with van der Waals surface area (Å²) in [5.74, 6) is 1.54. The number of carbonyl (C=O) groups excluding carboxylic acids is 1. The Balaban J connectivity index is 1.60. The van der Waals surface area contributed by atoms with Gasteiger partial charge in [0.25, 0.3) is 0 Å². The van der Waals surface area contributed by atoms with Gasteiger partial charge >= 0.3 is 0 Å². The molecule has 1 saturated heterocycles. The predicted molar refractivity (Wildman–Crippen MR) is 102 cm³/mol. The molecule has 1 aliphatic heterocycles. The van der Waals surface area contributed by atoms with Crippen LogP contribution in [0.3, 0.4) is 0 Å². The maximum Gasteiger partial charge on any atom is 0.223 e. The van der Waals surface area contributed by atoms with Crippen LogP contribution < -0.4 is 4.90 Å². The molecule has 0 radical (unpaired) electrons. The van der Waals surface area contributed by atoms with Gasteiger partial charge in [0, 0.05) is 50.1 Å². The molecular weight excluding hydrogens is 332 g/mol. The van der Waals surface area contributed by atoms with Gasteiger partial charge in [0.2, 0.25) is 11.0 Å². The maximum atomic E-state index is 12.4. The predicted octanol–water partition coefficient (Wildman–Crippen LogP) is 3.21. The first-order valence-corrected chi connectivity index (χ1v) is 9.71. The standard InChI is InChI=1S/C19H26N4OS/c1-14(2)11-18(24)23-10-9-22(13-15(23)3)19-20-17(21-25-19)12-16-7-5-4-6-8-16/h4-8,14-15H,9-13H2,1-3H3/t15-/m1/s1. The number of hydrogen-bond acceptors (Lipinski definition) is 5. The third-order valence-electron chi connectivity index (χ3n) is 4.46. The van der Waals surface area contributed by atoms with Gasteiger partial charge in [0.1, 0.15) is 5.82 Å². The summed E-state index contributed by atoms with van der Waals surface area (Å²) in [5.41, 5.74) is 1.23. The van der Waals surface area contributed by atoms with Gasteiger partial charge in [-0.05, 0) is 18.4 Å². The minimum atomic E-state index is 0.210. The van der Waals surface area contributed by atoms with E-state index in [-0.39, 0.29) is 11.9 Å². The highest BCUT2D eigenvalue weighted by atomic mass is 32.1. The molecule has 1 aliphatic rings. The molecule has 3 rings (SSSR count). The van der Waals surface area contributed by atoms with Crippen molar-refractivity contribution >= 4 is 22.6 Å². The second-order valence-corrected chi connectivity index (χ2v) is 7.87. The summed E-state index contributed by atoms with van der Waals surface area (Å²) in [5, 5.41) is 0.966. The first-order chi connectivity index (χ1) is 12.0. The van der Waals surface area contributed by atoms with Crippen molar-refractivity contribution in [3.05, 3.63) is 41.7 Å². The van der Waals surface area contributed by atoms with Crippen molar-refractivity contribution < 1.29 is 4.79 Å². The number of anilines is 1. The topological polar surface area (TPSA) is 49.3 Å². The lowest BCUT2D eigenvalue weighted by molar-refractivity contribution is -0.134. The molecule has 0 spiro atoms. The van der Waals surface area contributed by atoms with Gasteiger partial charge < -0.3 is 9.80 Å². The lowest BCUT2D eigenvalue weighted by Gasteiger charge is -2.40. The van der Waals surface area contributed by atoms with E-state index in [2.05, 4.69) is 42.2 Å². The fraction of sp³-hybridized carbons (Fsp3) is 0.526. The molecule has 0 saturated carbocycles. The van der Waals surface area contributed by atoms with Gasteiger partial charge in [-0.1, -0.05) is 44.2 Å². The number of carbonyl (C=O) groups is 1. The van der Waals surface area contributed by atoms with Gasteiger partial charge in [0.05, 0.1) is 0 Å². The Kier molecular flexibility index (Phi) is 5.68. The zero-order chi connectivity index (χ0) is 17.8. The summed E-state index contributed by atoms with van der Waals surface area (Å²) in [6.45, 7) is 8.72. The van der Waals surface area contributed by atoms with E-state index >= 15 is 0 Å². The van der Waals surface area contributed by atoms with E-state index in [1.165, 1.54) is 17.1 Å². The summed E-state index contributed by atoms with van der Waals surface area (Å²) in [6, 6.07) is 10.5. The number of nitrogens with zero attached hydrogens (tertiary/aromatic N) is 4. The highest BCUT2D eigenvalue weighted by Gasteiger charge is 2.29. The average molecular weight is 359 g/mol. The molecule has 1 atom stereocenters. The van der Waals surface area contributed by atoms with Gasteiger partial charge in [0.15, 0.2) is 0 Å². The van der Waals surface area contributed by atoms with Crippen LogP contribution >= 0.6 is 11.5 Å². The molecule has 5 nitrogen and oxygen atoms in total. The normalized spacial score (nSPS) is 18.0. The minimum absolute atomic E-state index is 0.210. The maximum absolute atomic E-state index is 12.4. The van der Waals surface area contributed by atoms with E-state index in [1.807, 2.05) is 23.1 Å². The van der Waals surface area contributed by atoms with Crippen LogP contribution in [0.15, 0.2) is 30.3 Å². The fourth-order valence-electron chi connectivity index (χ4n) is 3.19. The smallest absolute Gasteiger partial charge is 0.223 e. The zero-order valence-corrected chi connectivity index (χ0v) is 16.0. The average Bonchev–Trinajstić information content (AvgIpc) is 3.03. The molecule has 134 valence electrons. The Labute approximate surface area is 153 Å². The fourth-order valence-corrected chi connectivity index (χ4v) is 3.91. The number of amides is 1. The van der Waals surface area contributed by atoms with Crippen LogP contribution in [0.5, 0.6) is 0 Å². The molecule has 0 bridgehead atoms. The van der Waals surface area contributed by atoms with E-state index in [0.29, 0.717) is 12.3 Å². The third-order valence-corrected chi connectivity index (χ3v) is 5.28. The van der Waals surface area contributed by atoms with Crippen LogP contribution in [0, 0.1) is 5.92 Å². The number of rotatable bonds is 5. The van der Waals surface area contributed by atoms with Crippen LogP contribution in [0.25, 0.3) is 0 Å². The number of piperazine rings is 1. The van der Waals surface area contributed by atoms with E-state index in [4.69, 9.17) is 4.98 Å². The van der Waals surface area contributed by atoms with E-state index in [1.54, 1.807) is 0 Å². The van der Waals surface area contributed by atoms with Crippen LogP contribution in [0.4, 0.5) is 5.13 Å². The molecule has 25 heavy (non-hydrogen) atoms. The SMILES string of the molecule is CC(C)CC(=O)N1CCN(c2nc(Cc3ccccc3)ns2)C[C@H]1C. The number of benzene rings is 1. The first kappa shape index (κ1) is 17.9. The lowest BCUT2D eigenvalue weighted by Crippen LogP contribution is -2.54. The Bertz CT molecular complexity index is 700. The summed E-state index contributed by atoms with van der Waals surface area (Å²) in [4.78, 5) is 21.3. The number of aromatic nitrogens is 2. The van der Waals surface area contributed by atoms with E-state index in [9.17, 15) is 4.79 Å². The second-order valence-electron chi connectivity index (χ2n) is 7.14. The molecule has 6 heteroatoms. The zero-order valence-electron chi connectivity index (χ0n) is 15.2. The third kappa shape index (κ3) is 4.57. The Morgan fingerprint density at radius 1 is 1.28 bits per heavy atom. The molecule has 2 aromatic rings. The molecule has 0 aliphatic carbocycles. The molecular formula is C19H26N4OS. The second kappa shape index (κ2) is 7.95. The van der Waals surface area contributed by atoms with Crippen LogP contribution in [0.1, 0.15) is 38.6 Å². The van der Waals surface area contributed by atoms with Gasteiger partial charge in [-0.25, -0.2) is 4.98 Å². The quantitative estimate of drug-likeness (QED) is 0.823. The monoisotopic (exact) mass is 358 g/mol. The van der Waals surface area contributed by atoms with Crippen molar-refractivity contribution in [3.63, 3.8) is 0 Å². The largest absolute Gasteiger partial charge is 0.343 e. The van der Waals surface area contributed by atoms with Crippen LogP contribution in [0.2, 0.25) is 0 Å². The Hall–Kier alpha value is -1.95. The molecule has 1 aromatic carbocycles. The van der Waals surface area contributed by atoms with Crippen molar-refractivity contribution in [1.82, 2.24) is 14.3 Å². The Morgan fingerprint density at radius 2 is 2.04 bits per heavy atom. The lowest BCUT2D eigenvalue weighted by atomic mass is 10.1. The number of hydrogen-bond donors (Lipinski definition) is 0. The van der Waals surface area contributed by atoms with E-state index < -0.39 is 0 Å². The van der Waals surface area contributed by atoms with Crippen molar-refractivity contribution in [3.8, 4) is 0 Å². The molecule has 1 aromatic heterocycles. The summed E-state index contributed by atoms with van der Waals surface area (Å²) < 4.78 is 4.51. The summed E-state index contributed by atoms with van der Waals surface area (Å²) in [7, 11) is 0. The van der Waals surface area contributed by atoms with Crippen LogP contribution in [-0.4, -0.2) is 45.8 Å². The van der Waals surface area contributed by atoms with Gasteiger partial charge in [-0.2, -0.15) is 4.37 Å². The highest BCUT2D eigenvalue weighted by Crippen LogP contribution is 2.23. The molecule has 1 amide bonds. The molecule has 0 unspecified atom stereocenters. The molecule has 1 fully saturated rings. The molecule has 2 heterocycles. The Morgan fingerprint density at radius 3 is 2.72 bits per heavy atom. The molecule has 0 N–H and O–H groups in total. The van der Waals surface area contributed by atoms with Crippen molar-refractivity contribution in [2.24, 2.45) is 5.92 Å². The van der Waals surface area contributed by atoms with Crippen LogP contribution in [-0.2, 0) is 11.2 Å². The van der Waals surface area contributed by atoms with Crippen molar-refractivity contribution in [1.29, 1.82) is 0 Å². The first-order valence-electron chi connectivity index (χ1n) is 8.94. The highest BCUT2D eigenvalue weighted by molar-refractivity contribution is 7.09. The van der Waals surface area contributed by atoms with Gasteiger partial charge in [-0.15, -0.1) is 0 Å². The minimum Gasteiger partial charge on any atom is -0.343 e. The van der Waals surface area contributed by atoms with E-state index in [0.717, 1.165) is 37.0 Å². The summed E-state index contributed by atoms with van der Waals surface area (Å²) >= 11 is 1.46. The van der Waals surface area contributed by atoms with Gasteiger partial charge in [-0.3, -0.25) is 4.79 Å². The van der Waals surface area contributed by atoms with Crippen molar-refractivity contribution in [2.75, 3.05) is 24.5 Å². The van der Waals surface area contributed by atoms with Crippen molar-refractivity contribution in [2.45, 2.75) is 39.7 Å². The summed E-state index contributed by atoms with van der Waals surface area (Å²) in [6.07, 6.45) is 1.39.